The third-order valence-corrected chi connectivity index (χ3v) is 6.73. The van der Waals surface area contributed by atoms with Crippen LogP contribution >= 0.6 is 23.1 Å². The van der Waals surface area contributed by atoms with Crippen molar-refractivity contribution in [3.05, 3.63) is 112 Å². The predicted molar refractivity (Wildman–Crippen MR) is 135 cm³/mol. The number of nitrogens with zero attached hydrogens (tertiary/aromatic N) is 1. The average Bonchev–Trinajstić information content (AvgIpc) is 3.37. The van der Waals surface area contributed by atoms with E-state index >= 15 is 0 Å². The van der Waals surface area contributed by atoms with Gasteiger partial charge in [0.15, 0.2) is 0 Å². The summed E-state index contributed by atoms with van der Waals surface area (Å²) < 4.78 is 0. The Hall–Kier alpha value is -3.42. The van der Waals surface area contributed by atoms with E-state index in [0.29, 0.717) is 16.8 Å². The second-order valence-corrected chi connectivity index (χ2v) is 9.17. The largest absolute Gasteiger partial charge is 0.345 e. The zero-order valence-electron chi connectivity index (χ0n) is 18.0. The average molecular weight is 474 g/mol. The van der Waals surface area contributed by atoms with E-state index in [9.17, 15) is 9.59 Å². The van der Waals surface area contributed by atoms with Crippen LogP contribution in [0.3, 0.4) is 0 Å². The highest BCUT2D eigenvalue weighted by Crippen LogP contribution is 2.24. The van der Waals surface area contributed by atoms with Crippen molar-refractivity contribution >= 4 is 40.6 Å². The van der Waals surface area contributed by atoms with Crippen LogP contribution in [0.4, 0.5) is 5.69 Å². The Bertz CT molecular complexity index is 1210. The van der Waals surface area contributed by atoms with E-state index in [2.05, 4.69) is 15.6 Å². The van der Waals surface area contributed by atoms with Crippen LogP contribution in [0.5, 0.6) is 0 Å². The van der Waals surface area contributed by atoms with Crippen molar-refractivity contribution in [2.45, 2.75) is 23.6 Å². The van der Waals surface area contributed by atoms with Crippen molar-refractivity contribution in [3.63, 3.8) is 0 Å². The van der Waals surface area contributed by atoms with Crippen LogP contribution in [-0.4, -0.2) is 16.8 Å². The second kappa shape index (κ2) is 10.9. The van der Waals surface area contributed by atoms with Gasteiger partial charge < -0.3 is 10.6 Å². The number of rotatable bonds is 8. The number of aromatic nitrogens is 1. The first-order valence-corrected chi connectivity index (χ1v) is 12.4. The van der Waals surface area contributed by atoms with Gasteiger partial charge in [-0.15, -0.1) is 23.1 Å². The van der Waals surface area contributed by atoms with E-state index in [1.165, 1.54) is 0 Å². The van der Waals surface area contributed by atoms with Crippen molar-refractivity contribution < 1.29 is 9.59 Å². The Kier molecular flexibility index (Phi) is 7.55. The number of hydrogen-bond donors (Lipinski definition) is 2. The molecule has 1 aromatic heterocycles. The third kappa shape index (κ3) is 6.09. The first-order chi connectivity index (χ1) is 16.1. The summed E-state index contributed by atoms with van der Waals surface area (Å²) in [6, 6.07) is 24.1. The number of hydrogen-bond acceptors (Lipinski definition) is 5. The highest BCUT2D eigenvalue weighted by molar-refractivity contribution is 7.98. The molecule has 4 rings (SSSR count). The maximum atomic E-state index is 12.9. The van der Waals surface area contributed by atoms with Crippen LogP contribution in [0.15, 0.2) is 94.6 Å². The molecule has 166 valence electrons. The van der Waals surface area contributed by atoms with Crippen LogP contribution in [0.1, 0.15) is 44.9 Å². The Balaban J connectivity index is 1.40. The van der Waals surface area contributed by atoms with Crippen molar-refractivity contribution in [3.8, 4) is 0 Å². The van der Waals surface area contributed by atoms with E-state index in [4.69, 9.17) is 0 Å². The molecule has 0 aliphatic rings. The van der Waals surface area contributed by atoms with Gasteiger partial charge in [0.05, 0.1) is 28.5 Å². The van der Waals surface area contributed by atoms with Crippen molar-refractivity contribution in [2.24, 2.45) is 0 Å². The van der Waals surface area contributed by atoms with Crippen molar-refractivity contribution in [1.29, 1.82) is 0 Å². The molecule has 0 spiro atoms. The first kappa shape index (κ1) is 22.8. The fraction of sp³-hybridized carbons (Fsp3) is 0.115. The lowest BCUT2D eigenvalue weighted by Gasteiger charge is -2.16. The summed E-state index contributed by atoms with van der Waals surface area (Å²) in [6.07, 6.45) is 0. The minimum atomic E-state index is -0.262. The van der Waals surface area contributed by atoms with Crippen LogP contribution in [0.25, 0.3) is 0 Å². The van der Waals surface area contributed by atoms with Crippen molar-refractivity contribution in [1.82, 2.24) is 10.3 Å². The molecule has 2 amide bonds. The molecule has 0 aliphatic heterocycles. The number of carbonyl (C=O) groups excluding carboxylic acids is 2. The molecule has 0 saturated heterocycles. The van der Waals surface area contributed by atoms with Gasteiger partial charge >= 0.3 is 0 Å². The highest BCUT2D eigenvalue weighted by atomic mass is 32.2. The number of amides is 2. The van der Waals surface area contributed by atoms with Gasteiger partial charge in [-0.05, 0) is 48.9 Å². The van der Waals surface area contributed by atoms with E-state index in [1.54, 1.807) is 59.5 Å². The zero-order valence-corrected chi connectivity index (χ0v) is 19.7. The summed E-state index contributed by atoms with van der Waals surface area (Å²) in [7, 11) is 0. The molecular formula is C26H23N3O2S2. The summed E-state index contributed by atoms with van der Waals surface area (Å²) in [4.78, 5) is 31.1. The molecule has 2 N–H and O–H groups in total. The first-order valence-electron chi connectivity index (χ1n) is 10.5. The molecule has 5 nitrogen and oxygen atoms in total. The Labute approximate surface area is 201 Å². The zero-order chi connectivity index (χ0) is 23.0. The number of thiazole rings is 1. The van der Waals surface area contributed by atoms with Crippen LogP contribution in [0, 0.1) is 0 Å². The molecule has 0 fully saturated rings. The van der Waals surface area contributed by atoms with Gasteiger partial charge in [-0.1, -0.05) is 42.5 Å². The topological polar surface area (TPSA) is 71.1 Å². The van der Waals surface area contributed by atoms with Crippen LogP contribution in [-0.2, 0) is 5.75 Å². The van der Waals surface area contributed by atoms with E-state index in [0.717, 1.165) is 21.9 Å². The molecule has 0 saturated carbocycles. The predicted octanol–water partition coefficient (Wildman–Crippen LogP) is 6.18. The molecule has 0 bridgehead atoms. The summed E-state index contributed by atoms with van der Waals surface area (Å²) >= 11 is 3.25. The smallest absolute Gasteiger partial charge is 0.255 e. The summed E-state index contributed by atoms with van der Waals surface area (Å²) in [5, 5.41) is 7.91. The van der Waals surface area contributed by atoms with Crippen LogP contribution < -0.4 is 10.6 Å². The monoisotopic (exact) mass is 473 g/mol. The third-order valence-electron chi connectivity index (χ3n) is 5.05. The summed E-state index contributed by atoms with van der Waals surface area (Å²) in [5.41, 5.74) is 5.31. The number of para-hydroxylation sites is 1. The number of nitrogens with one attached hydrogen (secondary N) is 2. The number of anilines is 1. The Morgan fingerprint density at radius 2 is 1.67 bits per heavy atom. The standard InChI is InChI=1S/C26H23N3O2S2/c1-18(19-7-3-2-4-8-19)28-26(31)23-9-5-6-10-24(23)29-25(30)20-11-13-22(14-12-20)33-16-21-15-32-17-27-21/h2-15,17-18H,16H2,1H3,(H,28,31)(H,29,30). The number of carbonyl (C=O) groups is 2. The maximum Gasteiger partial charge on any atom is 0.255 e. The molecule has 1 heterocycles. The van der Waals surface area contributed by atoms with E-state index in [1.807, 2.05) is 60.3 Å². The summed E-state index contributed by atoms with van der Waals surface area (Å²) in [5.74, 6) is 0.289. The molecule has 0 radical (unpaired) electrons. The lowest BCUT2D eigenvalue weighted by atomic mass is 10.1. The van der Waals surface area contributed by atoms with Gasteiger partial charge in [0.1, 0.15) is 0 Å². The van der Waals surface area contributed by atoms with E-state index < -0.39 is 0 Å². The molecule has 1 unspecified atom stereocenters. The fourth-order valence-electron chi connectivity index (χ4n) is 3.25. The molecule has 33 heavy (non-hydrogen) atoms. The maximum absolute atomic E-state index is 12.9. The molecule has 0 aliphatic carbocycles. The lowest BCUT2D eigenvalue weighted by Crippen LogP contribution is -2.28. The number of benzene rings is 3. The number of thioether (sulfide) groups is 1. The molecular weight excluding hydrogens is 450 g/mol. The minimum absolute atomic E-state index is 0.156. The SMILES string of the molecule is CC(NC(=O)c1ccccc1NC(=O)c1ccc(SCc2cscn2)cc1)c1ccccc1. The second-order valence-electron chi connectivity index (χ2n) is 7.40. The fourth-order valence-corrected chi connectivity index (χ4v) is 4.72. The van der Waals surface area contributed by atoms with Gasteiger partial charge in [-0.3, -0.25) is 9.59 Å². The molecule has 7 heteroatoms. The van der Waals surface area contributed by atoms with Gasteiger partial charge in [0.2, 0.25) is 0 Å². The van der Waals surface area contributed by atoms with Crippen molar-refractivity contribution in [2.75, 3.05) is 5.32 Å². The summed E-state index contributed by atoms with van der Waals surface area (Å²) in [6.45, 7) is 1.93. The molecule has 4 aromatic rings. The highest BCUT2D eigenvalue weighted by Gasteiger charge is 2.16. The van der Waals surface area contributed by atoms with Crippen LogP contribution in [0.2, 0.25) is 0 Å². The van der Waals surface area contributed by atoms with E-state index in [-0.39, 0.29) is 17.9 Å². The van der Waals surface area contributed by atoms with Gasteiger partial charge in [-0.25, -0.2) is 4.98 Å². The molecule has 3 aromatic carbocycles. The Morgan fingerprint density at radius 1 is 0.939 bits per heavy atom. The quantitative estimate of drug-likeness (QED) is 0.300. The van der Waals surface area contributed by atoms with Gasteiger partial charge in [0, 0.05) is 21.6 Å². The lowest BCUT2D eigenvalue weighted by molar-refractivity contribution is 0.0941. The Morgan fingerprint density at radius 3 is 2.39 bits per heavy atom. The molecule has 1 atom stereocenters. The minimum Gasteiger partial charge on any atom is -0.345 e. The van der Waals surface area contributed by atoms with Gasteiger partial charge in [-0.2, -0.15) is 0 Å². The normalized spacial score (nSPS) is 11.5. The van der Waals surface area contributed by atoms with Gasteiger partial charge in [0.25, 0.3) is 11.8 Å².